The zero-order valence-corrected chi connectivity index (χ0v) is 14.6. The molecule has 1 unspecified atom stereocenters. The van der Waals surface area contributed by atoms with Crippen LogP contribution < -0.4 is 10.0 Å². The lowest BCUT2D eigenvalue weighted by atomic mass is 10.2. The monoisotopic (exact) mass is 366 g/mol. The van der Waals surface area contributed by atoms with Gasteiger partial charge in [0.05, 0.1) is 11.0 Å². The number of aliphatic hydroxyl groups is 1. The van der Waals surface area contributed by atoms with Gasteiger partial charge in [-0.2, -0.15) is 0 Å². The summed E-state index contributed by atoms with van der Waals surface area (Å²) in [6.07, 6.45) is -0.658. The summed E-state index contributed by atoms with van der Waals surface area (Å²) in [5.74, 6) is -0.851. The highest BCUT2D eigenvalue weighted by molar-refractivity contribution is 7.92. The Morgan fingerprint density at radius 3 is 2.40 bits per heavy atom. The van der Waals surface area contributed by atoms with Crippen molar-refractivity contribution in [3.8, 4) is 0 Å². The largest absolute Gasteiger partial charge is 0.392 e. The summed E-state index contributed by atoms with van der Waals surface area (Å²) in [5, 5.41) is 11.7. The summed E-state index contributed by atoms with van der Waals surface area (Å²) in [5.41, 5.74) is 0.836. The quantitative estimate of drug-likeness (QED) is 0.729. The van der Waals surface area contributed by atoms with Gasteiger partial charge in [-0.15, -0.1) is 0 Å². The van der Waals surface area contributed by atoms with Crippen molar-refractivity contribution in [3.63, 3.8) is 0 Å². The summed E-state index contributed by atoms with van der Waals surface area (Å²) in [4.78, 5) is 11.8. The summed E-state index contributed by atoms with van der Waals surface area (Å²) < 4.78 is 40.3. The van der Waals surface area contributed by atoms with E-state index in [1.165, 1.54) is 43.3 Å². The van der Waals surface area contributed by atoms with Gasteiger partial charge in [0.25, 0.3) is 15.9 Å². The zero-order chi connectivity index (χ0) is 18.6. The van der Waals surface area contributed by atoms with Crippen molar-refractivity contribution in [1.82, 2.24) is 5.32 Å². The number of hydrogen-bond acceptors (Lipinski definition) is 4. The average molecular weight is 366 g/mol. The molecule has 0 heterocycles. The second kappa shape index (κ2) is 7.62. The van der Waals surface area contributed by atoms with Crippen molar-refractivity contribution in [2.75, 3.05) is 11.3 Å². The van der Waals surface area contributed by atoms with E-state index in [0.717, 1.165) is 6.07 Å². The van der Waals surface area contributed by atoms with Gasteiger partial charge < -0.3 is 10.4 Å². The van der Waals surface area contributed by atoms with Gasteiger partial charge in [-0.05, 0) is 61.9 Å². The van der Waals surface area contributed by atoms with E-state index >= 15 is 0 Å². The Kier molecular flexibility index (Phi) is 5.76. The second-order valence-corrected chi connectivity index (χ2v) is 7.34. The van der Waals surface area contributed by atoms with Crippen molar-refractivity contribution >= 4 is 21.6 Å². The molecule has 1 atom stereocenters. The van der Waals surface area contributed by atoms with Gasteiger partial charge >= 0.3 is 0 Å². The predicted molar refractivity (Wildman–Crippen MR) is 92.4 cm³/mol. The van der Waals surface area contributed by atoms with E-state index in [1.54, 1.807) is 6.92 Å². The molecule has 2 rings (SSSR count). The molecule has 25 heavy (non-hydrogen) atoms. The van der Waals surface area contributed by atoms with Crippen LogP contribution in [0.15, 0.2) is 47.4 Å². The number of hydrogen-bond donors (Lipinski definition) is 3. The van der Waals surface area contributed by atoms with E-state index < -0.39 is 21.9 Å². The fraction of sp³-hybridized carbons (Fsp3) is 0.235. The minimum Gasteiger partial charge on any atom is -0.392 e. The van der Waals surface area contributed by atoms with Crippen LogP contribution in [0.5, 0.6) is 0 Å². The highest BCUT2D eigenvalue weighted by Gasteiger charge is 2.16. The fourth-order valence-corrected chi connectivity index (χ4v) is 3.17. The molecule has 0 aromatic heterocycles. The second-order valence-electron chi connectivity index (χ2n) is 5.65. The highest BCUT2D eigenvalue weighted by atomic mass is 32.2. The van der Waals surface area contributed by atoms with Gasteiger partial charge in [-0.3, -0.25) is 9.52 Å². The molecule has 0 radical (unpaired) electrons. The molecular weight excluding hydrogens is 347 g/mol. The fourth-order valence-electron chi connectivity index (χ4n) is 2.03. The van der Waals surface area contributed by atoms with Gasteiger partial charge in [-0.1, -0.05) is 0 Å². The molecule has 0 aliphatic rings. The van der Waals surface area contributed by atoms with Crippen LogP contribution in [0, 0.1) is 12.7 Å². The Hall–Kier alpha value is -2.45. The molecule has 0 aliphatic carbocycles. The molecular formula is C17H19FN2O4S. The Morgan fingerprint density at radius 2 is 1.84 bits per heavy atom. The van der Waals surface area contributed by atoms with Crippen LogP contribution in [0.1, 0.15) is 22.8 Å². The van der Waals surface area contributed by atoms with Gasteiger partial charge in [0.2, 0.25) is 0 Å². The first kappa shape index (κ1) is 18.9. The van der Waals surface area contributed by atoms with Crippen molar-refractivity contribution in [2.24, 2.45) is 0 Å². The number of halogens is 1. The van der Waals surface area contributed by atoms with Crippen LogP contribution in [0.2, 0.25) is 0 Å². The molecule has 6 nitrogen and oxygen atoms in total. The van der Waals surface area contributed by atoms with E-state index in [0.29, 0.717) is 5.56 Å². The van der Waals surface area contributed by atoms with E-state index in [4.69, 9.17) is 5.11 Å². The van der Waals surface area contributed by atoms with E-state index in [1.807, 2.05) is 0 Å². The Bertz CT molecular complexity index is 865. The van der Waals surface area contributed by atoms with E-state index in [9.17, 15) is 17.6 Å². The molecule has 0 aliphatic heterocycles. The van der Waals surface area contributed by atoms with Crippen molar-refractivity contribution in [3.05, 3.63) is 59.4 Å². The number of anilines is 1. The first-order valence-corrected chi connectivity index (χ1v) is 9.02. The highest BCUT2D eigenvalue weighted by Crippen LogP contribution is 2.19. The van der Waals surface area contributed by atoms with Crippen LogP contribution in [0.25, 0.3) is 0 Å². The first-order valence-electron chi connectivity index (χ1n) is 7.54. The van der Waals surface area contributed by atoms with Crippen LogP contribution in [0.3, 0.4) is 0 Å². The number of nitrogens with one attached hydrogen (secondary N) is 2. The standard InChI is InChI=1S/C17H19FN2O4S/c1-11-9-15(7-8-16(11)18)25(23,24)20-14-5-3-13(4-6-14)17(22)19-10-12(2)21/h3-9,12,20-21H,10H2,1-2H3,(H,19,22). The molecule has 0 saturated carbocycles. The van der Waals surface area contributed by atoms with Crippen molar-refractivity contribution in [1.29, 1.82) is 0 Å². The SMILES string of the molecule is Cc1cc(S(=O)(=O)Nc2ccc(C(=O)NCC(C)O)cc2)ccc1F. The third-order valence-electron chi connectivity index (χ3n) is 3.40. The third-order valence-corrected chi connectivity index (χ3v) is 4.78. The van der Waals surface area contributed by atoms with Gasteiger partial charge in [0, 0.05) is 17.8 Å². The maximum atomic E-state index is 13.3. The summed E-state index contributed by atoms with van der Waals surface area (Å²) in [7, 11) is -3.86. The molecule has 8 heteroatoms. The number of carbonyl (C=O) groups excluding carboxylic acids is 1. The minimum atomic E-state index is -3.86. The normalized spacial score (nSPS) is 12.5. The topological polar surface area (TPSA) is 95.5 Å². The maximum absolute atomic E-state index is 13.3. The van der Waals surface area contributed by atoms with Crippen molar-refractivity contribution < 1.29 is 22.7 Å². The van der Waals surface area contributed by atoms with Crippen LogP contribution in [0.4, 0.5) is 10.1 Å². The summed E-state index contributed by atoms with van der Waals surface area (Å²) in [6, 6.07) is 9.35. The molecule has 1 amide bonds. The number of aliphatic hydroxyl groups excluding tert-OH is 1. The number of sulfonamides is 1. The lowest BCUT2D eigenvalue weighted by Crippen LogP contribution is -2.30. The lowest BCUT2D eigenvalue weighted by Gasteiger charge is -2.10. The van der Waals surface area contributed by atoms with E-state index in [2.05, 4.69) is 10.0 Å². The smallest absolute Gasteiger partial charge is 0.261 e. The molecule has 2 aromatic rings. The molecule has 2 aromatic carbocycles. The van der Waals surface area contributed by atoms with Crippen LogP contribution in [-0.2, 0) is 10.0 Å². The molecule has 134 valence electrons. The Labute approximate surface area is 145 Å². The molecule has 0 spiro atoms. The number of benzene rings is 2. The Morgan fingerprint density at radius 1 is 1.20 bits per heavy atom. The summed E-state index contributed by atoms with van der Waals surface area (Å²) >= 11 is 0. The number of aryl methyl sites for hydroxylation is 1. The van der Waals surface area contributed by atoms with Gasteiger partial charge in [0.15, 0.2) is 0 Å². The van der Waals surface area contributed by atoms with Crippen molar-refractivity contribution in [2.45, 2.75) is 24.8 Å². The molecule has 0 saturated heterocycles. The number of carbonyl (C=O) groups is 1. The average Bonchev–Trinajstić information content (AvgIpc) is 2.55. The van der Waals surface area contributed by atoms with Crippen LogP contribution >= 0.6 is 0 Å². The lowest BCUT2D eigenvalue weighted by molar-refractivity contribution is 0.0924. The molecule has 0 fully saturated rings. The molecule has 0 bridgehead atoms. The minimum absolute atomic E-state index is 0.0508. The maximum Gasteiger partial charge on any atom is 0.261 e. The number of amides is 1. The van der Waals surface area contributed by atoms with E-state index in [-0.39, 0.29) is 28.6 Å². The van der Waals surface area contributed by atoms with Gasteiger partial charge in [0.1, 0.15) is 5.82 Å². The Balaban J connectivity index is 2.12. The first-order chi connectivity index (χ1) is 11.7. The molecule has 3 N–H and O–H groups in total. The summed E-state index contributed by atoms with van der Waals surface area (Å²) in [6.45, 7) is 3.15. The zero-order valence-electron chi connectivity index (χ0n) is 13.8. The predicted octanol–water partition coefficient (Wildman–Crippen LogP) is 2.05. The van der Waals surface area contributed by atoms with Gasteiger partial charge in [-0.25, -0.2) is 12.8 Å². The third kappa shape index (κ3) is 5.01. The number of rotatable bonds is 6. The van der Waals surface area contributed by atoms with Crippen LogP contribution in [-0.4, -0.2) is 32.1 Å².